The molecule has 1 aliphatic heterocycles. The van der Waals surface area contributed by atoms with Gasteiger partial charge in [-0.3, -0.25) is 4.79 Å². The average Bonchev–Trinajstić information content (AvgIpc) is 2.54. The average molecular weight is 348 g/mol. The van der Waals surface area contributed by atoms with Gasteiger partial charge < -0.3 is 25.6 Å². The number of piperazine rings is 1. The van der Waals surface area contributed by atoms with Crippen LogP contribution in [0.5, 0.6) is 0 Å². The third kappa shape index (κ3) is 5.01. The van der Waals surface area contributed by atoms with Gasteiger partial charge in [0.2, 0.25) is 0 Å². The first-order chi connectivity index (χ1) is 11.7. The van der Waals surface area contributed by atoms with Crippen LogP contribution < -0.4 is 16.0 Å². The number of ether oxygens (including phenoxy) is 1. The molecule has 1 aromatic rings. The highest BCUT2D eigenvalue weighted by atomic mass is 16.6. The van der Waals surface area contributed by atoms with E-state index >= 15 is 0 Å². The van der Waals surface area contributed by atoms with Crippen LogP contribution in [0.25, 0.3) is 0 Å². The molecule has 1 aromatic carbocycles. The molecular formula is C18H28N4O3. The molecule has 1 saturated heterocycles. The van der Waals surface area contributed by atoms with Gasteiger partial charge in [0.25, 0.3) is 5.91 Å². The Labute approximate surface area is 149 Å². The lowest BCUT2D eigenvalue weighted by atomic mass is 10.1. The molecule has 0 atom stereocenters. The molecule has 1 aliphatic rings. The van der Waals surface area contributed by atoms with E-state index in [1.165, 1.54) is 0 Å². The minimum Gasteiger partial charge on any atom is -0.444 e. The second-order valence-corrected chi connectivity index (χ2v) is 7.09. The van der Waals surface area contributed by atoms with Gasteiger partial charge in [-0.25, -0.2) is 4.79 Å². The lowest BCUT2D eigenvalue weighted by Crippen LogP contribution is -2.50. The maximum absolute atomic E-state index is 12.1. The summed E-state index contributed by atoms with van der Waals surface area (Å²) in [5.74, 6) is -0.115. The minimum atomic E-state index is -0.500. The predicted molar refractivity (Wildman–Crippen MR) is 98.9 cm³/mol. The third-order valence-corrected chi connectivity index (χ3v) is 3.90. The van der Waals surface area contributed by atoms with Crippen LogP contribution in [0.1, 0.15) is 38.1 Å². The van der Waals surface area contributed by atoms with Crippen LogP contribution in [-0.2, 0) is 4.74 Å². The number of hydrogen-bond acceptors (Lipinski definition) is 5. The zero-order chi connectivity index (χ0) is 18.6. The summed E-state index contributed by atoms with van der Waals surface area (Å²) < 4.78 is 5.41. The van der Waals surface area contributed by atoms with Crippen molar-refractivity contribution < 1.29 is 14.3 Å². The molecule has 138 valence electrons. The maximum atomic E-state index is 12.1. The second-order valence-electron chi connectivity index (χ2n) is 7.09. The maximum Gasteiger partial charge on any atom is 0.410 e. The Bertz CT molecular complexity index is 632. The number of nitrogens with two attached hydrogens (primary N) is 1. The first kappa shape index (κ1) is 18.9. The van der Waals surface area contributed by atoms with Gasteiger partial charge in [0.1, 0.15) is 5.60 Å². The van der Waals surface area contributed by atoms with Crippen molar-refractivity contribution in [3.8, 4) is 0 Å². The molecule has 25 heavy (non-hydrogen) atoms. The van der Waals surface area contributed by atoms with E-state index in [1.54, 1.807) is 17.0 Å². The van der Waals surface area contributed by atoms with Gasteiger partial charge in [0, 0.05) is 38.3 Å². The first-order valence-electron chi connectivity index (χ1n) is 8.62. The van der Waals surface area contributed by atoms with Crippen LogP contribution in [0.4, 0.5) is 16.2 Å². The standard InChI is InChI=1S/C18H28N4O3/c1-5-20-16(23)13-6-7-14(19)15(12-13)21-8-10-22(11-9-21)17(24)25-18(2,3)4/h6-7,12H,5,8-11,19H2,1-4H3,(H,20,23). The fraction of sp³-hybridized carbons (Fsp3) is 0.556. The Hall–Kier alpha value is -2.44. The monoisotopic (exact) mass is 348 g/mol. The molecule has 1 fully saturated rings. The lowest BCUT2D eigenvalue weighted by molar-refractivity contribution is 0.0240. The second kappa shape index (κ2) is 7.63. The summed E-state index contributed by atoms with van der Waals surface area (Å²) in [7, 11) is 0. The molecule has 2 rings (SSSR count). The predicted octanol–water partition coefficient (Wildman–Crippen LogP) is 2.08. The quantitative estimate of drug-likeness (QED) is 0.817. The van der Waals surface area contributed by atoms with Crippen molar-refractivity contribution in [3.05, 3.63) is 23.8 Å². The van der Waals surface area contributed by atoms with E-state index in [1.807, 2.05) is 33.8 Å². The van der Waals surface area contributed by atoms with E-state index in [2.05, 4.69) is 10.2 Å². The number of anilines is 2. The molecule has 3 N–H and O–H groups in total. The molecule has 2 amide bonds. The van der Waals surface area contributed by atoms with Crippen LogP contribution in [0.15, 0.2) is 18.2 Å². The van der Waals surface area contributed by atoms with Crippen molar-refractivity contribution in [2.45, 2.75) is 33.3 Å². The molecule has 0 radical (unpaired) electrons. The number of carbonyl (C=O) groups excluding carboxylic acids is 2. The highest BCUT2D eigenvalue weighted by Crippen LogP contribution is 2.26. The number of nitrogens with zero attached hydrogens (tertiary/aromatic N) is 2. The number of amides is 2. The van der Waals surface area contributed by atoms with Gasteiger partial charge >= 0.3 is 6.09 Å². The van der Waals surface area contributed by atoms with Gasteiger partial charge in [0.05, 0.1) is 11.4 Å². The Morgan fingerprint density at radius 2 is 1.84 bits per heavy atom. The summed E-state index contributed by atoms with van der Waals surface area (Å²) in [6, 6.07) is 5.28. The zero-order valence-corrected chi connectivity index (χ0v) is 15.5. The van der Waals surface area contributed by atoms with E-state index in [-0.39, 0.29) is 12.0 Å². The molecule has 0 aromatic heterocycles. The van der Waals surface area contributed by atoms with Gasteiger partial charge in [-0.2, -0.15) is 0 Å². The van der Waals surface area contributed by atoms with Gasteiger partial charge in [-0.15, -0.1) is 0 Å². The summed E-state index contributed by atoms with van der Waals surface area (Å²) in [6.45, 7) is 10.4. The Kier molecular flexibility index (Phi) is 5.77. The topological polar surface area (TPSA) is 87.9 Å². The largest absolute Gasteiger partial charge is 0.444 e. The smallest absolute Gasteiger partial charge is 0.410 e. The fourth-order valence-electron chi connectivity index (χ4n) is 2.68. The summed E-state index contributed by atoms with van der Waals surface area (Å²) >= 11 is 0. The Balaban J connectivity index is 2.04. The van der Waals surface area contributed by atoms with Crippen molar-refractivity contribution >= 4 is 23.4 Å². The van der Waals surface area contributed by atoms with Crippen molar-refractivity contribution in [2.24, 2.45) is 0 Å². The van der Waals surface area contributed by atoms with Crippen LogP contribution in [-0.4, -0.2) is 55.2 Å². The number of nitrogens with one attached hydrogen (secondary N) is 1. The molecule has 7 nitrogen and oxygen atoms in total. The van der Waals surface area contributed by atoms with Crippen LogP contribution in [0, 0.1) is 0 Å². The fourth-order valence-corrected chi connectivity index (χ4v) is 2.68. The van der Waals surface area contributed by atoms with Crippen molar-refractivity contribution in [1.29, 1.82) is 0 Å². The van der Waals surface area contributed by atoms with Gasteiger partial charge in [0.15, 0.2) is 0 Å². The van der Waals surface area contributed by atoms with Crippen molar-refractivity contribution in [1.82, 2.24) is 10.2 Å². The number of carbonyl (C=O) groups is 2. The molecule has 0 bridgehead atoms. The van der Waals surface area contributed by atoms with Crippen LogP contribution >= 0.6 is 0 Å². The summed E-state index contributed by atoms with van der Waals surface area (Å²) in [6.07, 6.45) is -0.295. The molecule has 7 heteroatoms. The highest BCUT2D eigenvalue weighted by Gasteiger charge is 2.26. The van der Waals surface area contributed by atoms with E-state index in [9.17, 15) is 9.59 Å². The van der Waals surface area contributed by atoms with Crippen molar-refractivity contribution in [3.63, 3.8) is 0 Å². The van der Waals surface area contributed by atoms with Gasteiger partial charge in [-0.1, -0.05) is 0 Å². The minimum absolute atomic E-state index is 0.115. The van der Waals surface area contributed by atoms with Crippen LogP contribution in [0.3, 0.4) is 0 Å². The molecule has 0 aliphatic carbocycles. The summed E-state index contributed by atoms with van der Waals surface area (Å²) in [4.78, 5) is 28.0. The van der Waals surface area contributed by atoms with Crippen molar-refractivity contribution in [2.75, 3.05) is 43.4 Å². The number of hydrogen-bond donors (Lipinski definition) is 2. The normalized spacial score (nSPS) is 15.0. The molecule has 0 unspecified atom stereocenters. The number of nitrogen functional groups attached to an aromatic ring is 1. The molecular weight excluding hydrogens is 320 g/mol. The first-order valence-corrected chi connectivity index (χ1v) is 8.62. The Morgan fingerprint density at radius 3 is 2.40 bits per heavy atom. The van der Waals surface area contributed by atoms with Gasteiger partial charge in [-0.05, 0) is 45.9 Å². The number of rotatable bonds is 3. The van der Waals surface area contributed by atoms with E-state index in [0.29, 0.717) is 44.0 Å². The third-order valence-electron chi connectivity index (χ3n) is 3.90. The number of benzene rings is 1. The Morgan fingerprint density at radius 1 is 1.20 bits per heavy atom. The van der Waals surface area contributed by atoms with Crippen LogP contribution in [0.2, 0.25) is 0 Å². The lowest BCUT2D eigenvalue weighted by Gasteiger charge is -2.37. The van der Waals surface area contributed by atoms with E-state index in [0.717, 1.165) is 5.69 Å². The SMILES string of the molecule is CCNC(=O)c1ccc(N)c(N2CCN(C(=O)OC(C)(C)C)CC2)c1. The van der Waals surface area contributed by atoms with E-state index in [4.69, 9.17) is 10.5 Å². The summed E-state index contributed by atoms with van der Waals surface area (Å²) in [5.41, 5.74) is 7.63. The molecule has 0 spiro atoms. The molecule has 0 saturated carbocycles. The van der Waals surface area contributed by atoms with E-state index < -0.39 is 5.60 Å². The zero-order valence-electron chi connectivity index (χ0n) is 15.5. The highest BCUT2D eigenvalue weighted by molar-refractivity contribution is 5.96. The molecule has 1 heterocycles. The summed E-state index contributed by atoms with van der Waals surface area (Å²) in [5, 5.41) is 2.79.